The van der Waals surface area contributed by atoms with E-state index < -0.39 is 23.5 Å². The molecule has 4 fully saturated rings. The van der Waals surface area contributed by atoms with Crippen molar-refractivity contribution in [2.24, 2.45) is 39.6 Å². The zero-order valence-corrected chi connectivity index (χ0v) is 23.3. The van der Waals surface area contributed by atoms with E-state index in [2.05, 4.69) is 17.5 Å². The van der Waals surface area contributed by atoms with Gasteiger partial charge in [-0.15, -0.1) is 0 Å². The van der Waals surface area contributed by atoms with Crippen LogP contribution in [0.4, 0.5) is 0 Å². The molecule has 3 unspecified atom stereocenters. The van der Waals surface area contributed by atoms with Crippen molar-refractivity contribution in [1.29, 1.82) is 0 Å². The zero-order chi connectivity index (χ0) is 28.9. The molecule has 0 radical (unpaired) electrons. The summed E-state index contributed by atoms with van der Waals surface area (Å²) in [5, 5.41) is 35.8. The first-order valence-corrected chi connectivity index (χ1v) is 14.7. The Balaban J connectivity index is 1.22. The van der Waals surface area contributed by atoms with E-state index in [9.17, 15) is 29.7 Å². The van der Waals surface area contributed by atoms with Crippen molar-refractivity contribution in [3.63, 3.8) is 0 Å². The maximum atomic E-state index is 12.9. The molecule has 1 aromatic rings. The predicted molar refractivity (Wildman–Crippen MR) is 149 cm³/mol. The van der Waals surface area contributed by atoms with Gasteiger partial charge in [0.2, 0.25) is 5.91 Å². The molecule has 3 saturated carbocycles. The summed E-state index contributed by atoms with van der Waals surface area (Å²) in [7, 11) is 0. The van der Waals surface area contributed by atoms with Gasteiger partial charge in [-0.3, -0.25) is 9.59 Å². The standard InChI is InChI=1S/C32H38N2O7/c1-31-12-10-22(38)15-20(31)4-7-23-24-8-9-25(32(24)16-27(29(23)31)41-30(32)40)26(17-36)33-34-28(39)14-19(11-13-35)18-2-5-21(37)6-3-18/h2-3,5-6,11,15,19,23-25,27,29-30,36-37,40H,4,7-10,12,14,16-17H2,1H3,(H,34,39)/t19?,23-,24-,25+,27?,29+,30?,31-,32+/m0/s1. The van der Waals surface area contributed by atoms with E-state index >= 15 is 0 Å². The van der Waals surface area contributed by atoms with Gasteiger partial charge in [0.25, 0.3) is 0 Å². The number of nitrogens with one attached hydrogen (secondary N) is 1. The van der Waals surface area contributed by atoms with Crippen LogP contribution < -0.4 is 5.43 Å². The number of fused-ring (bicyclic) bond motifs is 6. The molecule has 6 rings (SSSR count). The summed E-state index contributed by atoms with van der Waals surface area (Å²) in [6.07, 6.45) is 7.44. The highest BCUT2D eigenvalue weighted by Gasteiger charge is 2.71. The molecule has 1 saturated heterocycles. The number of benzene rings is 1. The van der Waals surface area contributed by atoms with E-state index in [1.807, 2.05) is 6.08 Å². The number of aliphatic hydroxyl groups excluding tert-OH is 2. The zero-order valence-electron chi connectivity index (χ0n) is 23.3. The second kappa shape index (κ2) is 10.6. The first kappa shape index (κ1) is 28.0. The quantitative estimate of drug-likeness (QED) is 0.227. The van der Waals surface area contributed by atoms with E-state index in [-0.39, 0.29) is 53.8 Å². The van der Waals surface area contributed by atoms with Gasteiger partial charge >= 0.3 is 0 Å². The molecular formula is C32H38N2O7. The van der Waals surface area contributed by atoms with Crippen LogP contribution >= 0.6 is 0 Å². The van der Waals surface area contributed by atoms with Gasteiger partial charge < -0.3 is 20.1 Å². The smallest absolute Gasteiger partial charge is 0.241 e. The van der Waals surface area contributed by atoms with Crippen molar-refractivity contribution in [3.05, 3.63) is 47.6 Å². The molecule has 1 aromatic carbocycles. The van der Waals surface area contributed by atoms with Gasteiger partial charge in [0, 0.05) is 36.2 Å². The Bertz CT molecular complexity index is 1330. The van der Waals surface area contributed by atoms with Crippen LogP contribution in [0, 0.1) is 34.5 Å². The summed E-state index contributed by atoms with van der Waals surface area (Å²) in [4.78, 5) is 36.2. The van der Waals surface area contributed by atoms with Crippen LogP contribution in [-0.4, -0.2) is 57.7 Å². The van der Waals surface area contributed by atoms with Gasteiger partial charge in [0.15, 0.2) is 12.1 Å². The number of aliphatic hydroxyl groups is 2. The number of aromatic hydroxyl groups is 1. The minimum atomic E-state index is -0.985. The lowest BCUT2D eigenvalue weighted by molar-refractivity contribution is -0.146. The van der Waals surface area contributed by atoms with Crippen molar-refractivity contribution in [2.45, 2.75) is 76.6 Å². The number of nitrogens with zero attached hydrogens (tertiary/aromatic N) is 1. The number of allylic oxidation sites excluding steroid dienone is 2. The van der Waals surface area contributed by atoms with E-state index in [1.165, 1.54) is 23.8 Å². The molecule has 5 aliphatic rings. The van der Waals surface area contributed by atoms with Crippen LogP contribution in [-0.2, 0) is 19.1 Å². The Morgan fingerprint density at radius 1 is 1.24 bits per heavy atom. The third kappa shape index (κ3) is 4.50. The van der Waals surface area contributed by atoms with Gasteiger partial charge in [0.1, 0.15) is 11.7 Å². The first-order valence-electron chi connectivity index (χ1n) is 14.7. The number of ether oxygens (including phenoxy) is 1. The Hall–Kier alpha value is -3.10. The molecule has 218 valence electrons. The average Bonchev–Trinajstić information content (AvgIpc) is 3.47. The lowest BCUT2D eigenvalue weighted by Gasteiger charge is -2.57. The fourth-order valence-corrected chi connectivity index (χ4v) is 9.39. The molecule has 9 heteroatoms. The molecule has 4 N–H and O–H groups in total. The normalized spacial score (nSPS) is 38.2. The van der Waals surface area contributed by atoms with Crippen LogP contribution in [0.15, 0.2) is 47.1 Å². The molecule has 1 amide bonds. The van der Waals surface area contributed by atoms with E-state index in [1.54, 1.807) is 18.1 Å². The average molecular weight is 563 g/mol. The number of carbonyl (C=O) groups is 2. The van der Waals surface area contributed by atoms with Crippen LogP contribution in [0.5, 0.6) is 5.75 Å². The lowest BCUT2D eigenvalue weighted by Crippen LogP contribution is -2.55. The van der Waals surface area contributed by atoms with Crippen molar-refractivity contribution >= 4 is 23.3 Å². The summed E-state index contributed by atoms with van der Waals surface area (Å²) in [5.74, 6) is 1.62. The molecule has 0 aromatic heterocycles. The van der Waals surface area contributed by atoms with Gasteiger partial charge in [-0.25, -0.2) is 10.2 Å². The van der Waals surface area contributed by atoms with E-state index in [0.29, 0.717) is 30.0 Å². The molecule has 9 atom stereocenters. The summed E-state index contributed by atoms with van der Waals surface area (Å²) in [6, 6.07) is 6.27. The topological polar surface area (TPSA) is 146 Å². The van der Waals surface area contributed by atoms with Gasteiger partial charge in [-0.1, -0.05) is 24.6 Å². The second-order valence-corrected chi connectivity index (χ2v) is 12.8. The fourth-order valence-electron chi connectivity index (χ4n) is 9.39. The maximum Gasteiger partial charge on any atom is 0.241 e. The summed E-state index contributed by atoms with van der Waals surface area (Å²) in [6.45, 7) is 1.92. The minimum absolute atomic E-state index is 0.0604. The van der Waals surface area contributed by atoms with Crippen LogP contribution in [0.3, 0.4) is 0 Å². The third-order valence-corrected chi connectivity index (χ3v) is 11.1. The summed E-state index contributed by atoms with van der Waals surface area (Å²) >= 11 is 0. The number of rotatable bonds is 7. The minimum Gasteiger partial charge on any atom is -0.508 e. The van der Waals surface area contributed by atoms with Crippen molar-refractivity contribution in [2.75, 3.05) is 6.61 Å². The predicted octanol–water partition coefficient (Wildman–Crippen LogP) is 3.17. The first-order chi connectivity index (χ1) is 19.7. The number of hydrogen-bond donors (Lipinski definition) is 4. The number of hydrogen-bond acceptors (Lipinski definition) is 8. The van der Waals surface area contributed by atoms with Crippen LogP contribution in [0.25, 0.3) is 0 Å². The summed E-state index contributed by atoms with van der Waals surface area (Å²) in [5.41, 5.74) is 4.24. The van der Waals surface area contributed by atoms with Crippen LogP contribution in [0.1, 0.15) is 69.8 Å². The molecule has 41 heavy (non-hydrogen) atoms. The monoisotopic (exact) mass is 562 g/mol. The van der Waals surface area contributed by atoms with Crippen molar-refractivity contribution in [1.82, 2.24) is 5.43 Å². The Labute approximate surface area is 239 Å². The van der Waals surface area contributed by atoms with Crippen LogP contribution in [0.2, 0.25) is 0 Å². The largest absolute Gasteiger partial charge is 0.508 e. The number of ketones is 1. The molecular weight excluding hydrogens is 524 g/mol. The summed E-state index contributed by atoms with van der Waals surface area (Å²) < 4.78 is 6.35. The van der Waals surface area contributed by atoms with Gasteiger partial charge in [0.05, 0.1) is 18.4 Å². The molecule has 2 bridgehead atoms. The third-order valence-electron chi connectivity index (χ3n) is 11.1. The molecule has 9 nitrogen and oxygen atoms in total. The van der Waals surface area contributed by atoms with Gasteiger partial charge in [-0.05, 0) is 85.5 Å². The van der Waals surface area contributed by atoms with Crippen molar-refractivity contribution in [3.8, 4) is 5.75 Å². The highest BCUT2D eigenvalue weighted by Crippen LogP contribution is 2.71. The Morgan fingerprint density at radius 2 is 2.02 bits per heavy atom. The number of hydrazone groups is 1. The highest BCUT2D eigenvalue weighted by molar-refractivity contribution is 5.92. The molecule has 1 spiro atoms. The van der Waals surface area contributed by atoms with E-state index in [4.69, 9.17) is 4.74 Å². The Kier molecular flexibility index (Phi) is 7.27. The number of phenols is 1. The second-order valence-electron chi connectivity index (χ2n) is 12.8. The molecule has 4 aliphatic carbocycles. The van der Waals surface area contributed by atoms with Gasteiger partial charge in [-0.2, -0.15) is 5.10 Å². The highest BCUT2D eigenvalue weighted by atomic mass is 16.6. The SMILES string of the molecule is C[C@]12CCC(=O)C=C1CC[C@H]1[C@@H]3CC[C@H](C(CO)=NNC(=O)CC(C=C=O)c4ccc(O)cc4)[C@@]34CC(OC4O)[C@@H]12. The van der Waals surface area contributed by atoms with Crippen molar-refractivity contribution < 1.29 is 34.4 Å². The fraction of sp³-hybridized carbons (Fsp3) is 0.594. The molecule has 1 heterocycles. The number of carbonyl (C=O) groups excluding carboxylic acids is 3. The lowest BCUT2D eigenvalue weighted by atomic mass is 9.46. The maximum absolute atomic E-state index is 12.9. The number of phenolic OH excluding ortho intramolecular Hbond substituents is 1. The van der Waals surface area contributed by atoms with E-state index in [0.717, 1.165) is 32.1 Å². The molecule has 1 aliphatic heterocycles. The number of amides is 1. The Morgan fingerprint density at radius 3 is 2.76 bits per heavy atom.